The monoisotopic (exact) mass is 251 g/mol. The maximum atomic E-state index is 13.0. The summed E-state index contributed by atoms with van der Waals surface area (Å²) in [6.07, 6.45) is -1.69. The number of alkyl halides is 2. The van der Waals surface area contributed by atoms with Crippen LogP contribution in [0.15, 0.2) is 35.2 Å². The molecule has 1 aromatic rings. The number of benzene rings is 1. The van der Waals surface area contributed by atoms with Crippen molar-refractivity contribution < 1.29 is 12.8 Å². The lowest BCUT2D eigenvalue weighted by atomic mass is 10.4. The summed E-state index contributed by atoms with van der Waals surface area (Å²) in [5.74, 6) is 0.0679. The molecule has 0 amide bonds. The minimum atomic E-state index is -3.77. The zero-order valence-corrected chi connectivity index (χ0v) is 9.43. The highest BCUT2D eigenvalue weighted by atomic mass is 35.5. The topological polar surface area (TPSA) is 46.2 Å². The van der Waals surface area contributed by atoms with Crippen LogP contribution in [0.2, 0.25) is 0 Å². The fraction of sp³-hybridized carbons (Fsp3) is 0.333. The Balaban J connectivity index is 2.77. The van der Waals surface area contributed by atoms with Crippen LogP contribution in [0.4, 0.5) is 4.39 Å². The van der Waals surface area contributed by atoms with E-state index in [4.69, 9.17) is 11.6 Å². The molecule has 0 aliphatic carbocycles. The van der Waals surface area contributed by atoms with Crippen LogP contribution in [0.1, 0.15) is 6.42 Å². The molecule has 1 aromatic carbocycles. The Bertz CT molecular complexity index is 396. The second-order valence-corrected chi connectivity index (χ2v) is 4.97. The van der Waals surface area contributed by atoms with Crippen LogP contribution in [0, 0.1) is 0 Å². The average Bonchev–Trinajstić information content (AvgIpc) is 2.18. The molecule has 3 nitrogen and oxygen atoms in total. The molecule has 1 N–H and O–H groups in total. The van der Waals surface area contributed by atoms with Crippen molar-refractivity contribution in [1.29, 1.82) is 0 Å². The van der Waals surface area contributed by atoms with Gasteiger partial charge in [0.05, 0.1) is 4.90 Å². The lowest BCUT2D eigenvalue weighted by Gasteiger charge is -2.09. The fourth-order valence-corrected chi connectivity index (χ4v) is 2.29. The molecular formula is C9H11ClFNO2S. The smallest absolute Gasteiger partial charge is 0.229 e. The normalized spacial score (nSPS) is 13.7. The zero-order valence-electron chi connectivity index (χ0n) is 7.86. The molecule has 0 aliphatic rings. The van der Waals surface area contributed by atoms with Crippen molar-refractivity contribution in [2.24, 2.45) is 0 Å². The van der Waals surface area contributed by atoms with Crippen LogP contribution in [0.25, 0.3) is 0 Å². The van der Waals surface area contributed by atoms with Crippen molar-refractivity contribution in [3.05, 3.63) is 30.3 Å². The van der Waals surface area contributed by atoms with Gasteiger partial charge in [0.1, 0.15) is 0 Å². The predicted molar refractivity (Wildman–Crippen MR) is 57.0 cm³/mol. The molecule has 0 aliphatic heterocycles. The van der Waals surface area contributed by atoms with Gasteiger partial charge in [-0.15, -0.1) is 11.6 Å². The third-order valence-electron chi connectivity index (χ3n) is 1.70. The molecular weight excluding hydrogens is 241 g/mol. The van der Waals surface area contributed by atoms with Crippen LogP contribution in [0.3, 0.4) is 0 Å². The first-order valence-electron chi connectivity index (χ1n) is 4.33. The van der Waals surface area contributed by atoms with E-state index in [-0.39, 0.29) is 17.2 Å². The van der Waals surface area contributed by atoms with Crippen molar-refractivity contribution in [3.63, 3.8) is 0 Å². The van der Waals surface area contributed by atoms with E-state index in [9.17, 15) is 12.8 Å². The summed E-state index contributed by atoms with van der Waals surface area (Å²) in [6.45, 7) is 0. The van der Waals surface area contributed by atoms with E-state index < -0.39 is 16.3 Å². The maximum absolute atomic E-state index is 13.0. The quantitative estimate of drug-likeness (QED) is 0.642. The van der Waals surface area contributed by atoms with Crippen LogP contribution in [-0.2, 0) is 10.0 Å². The first-order chi connectivity index (χ1) is 7.06. The maximum Gasteiger partial charge on any atom is 0.242 e. The lowest BCUT2D eigenvalue weighted by Crippen LogP contribution is -2.31. The summed E-state index contributed by atoms with van der Waals surface area (Å²) in [5.41, 5.74) is 0. The summed E-state index contributed by atoms with van der Waals surface area (Å²) >= 11 is 5.30. The van der Waals surface area contributed by atoms with E-state index in [0.717, 1.165) is 0 Å². The van der Waals surface area contributed by atoms with Gasteiger partial charge in [0, 0.05) is 12.3 Å². The Morgan fingerprint density at radius 3 is 2.47 bits per heavy atom. The Morgan fingerprint density at radius 1 is 1.33 bits per heavy atom. The van der Waals surface area contributed by atoms with Gasteiger partial charge in [0.25, 0.3) is 0 Å². The van der Waals surface area contributed by atoms with Gasteiger partial charge in [-0.05, 0) is 12.1 Å². The van der Waals surface area contributed by atoms with Crippen LogP contribution in [0.5, 0.6) is 0 Å². The van der Waals surface area contributed by atoms with E-state index in [1.165, 1.54) is 12.1 Å². The molecule has 0 spiro atoms. The molecule has 1 unspecified atom stereocenters. The van der Waals surface area contributed by atoms with Gasteiger partial charge in [-0.25, -0.2) is 12.8 Å². The Hall–Kier alpha value is -0.650. The highest BCUT2D eigenvalue weighted by Gasteiger charge is 2.18. The van der Waals surface area contributed by atoms with E-state index in [0.29, 0.717) is 0 Å². The molecule has 0 saturated heterocycles. The molecule has 6 heteroatoms. The van der Waals surface area contributed by atoms with E-state index in [1.807, 2.05) is 4.72 Å². The third-order valence-corrected chi connectivity index (χ3v) is 3.38. The van der Waals surface area contributed by atoms with Crippen molar-refractivity contribution in [2.45, 2.75) is 17.6 Å². The number of hydrogen-bond donors (Lipinski definition) is 1. The Morgan fingerprint density at radius 2 is 1.93 bits per heavy atom. The number of sulfonamides is 1. The molecule has 0 saturated carbocycles. The number of hydrogen-bond acceptors (Lipinski definition) is 2. The summed E-state index contributed by atoms with van der Waals surface area (Å²) in [6, 6.07) is 7.63. The third kappa shape index (κ3) is 3.77. The molecule has 84 valence electrons. The van der Waals surface area contributed by atoms with Gasteiger partial charge in [0.2, 0.25) is 10.0 Å². The highest BCUT2D eigenvalue weighted by molar-refractivity contribution is 7.89. The number of rotatable bonds is 5. The summed E-state index contributed by atoms with van der Waals surface area (Å²) in [7, 11) is -3.77. The lowest BCUT2D eigenvalue weighted by molar-refractivity contribution is 0.307. The molecule has 0 bridgehead atoms. The van der Waals surface area contributed by atoms with E-state index >= 15 is 0 Å². The Labute approximate surface area is 93.3 Å². The van der Waals surface area contributed by atoms with Gasteiger partial charge in [-0.2, -0.15) is 4.72 Å². The summed E-state index contributed by atoms with van der Waals surface area (Å²) in [4.78, 5) is 0.0437. The van der Waals surface area contributed by atoms with Gasteiger partial charge in [0.15, 0.2) is 6.30 Å². The first kappa shape index (κ1) is 12.4. The molecule has 0 fully saturated rings. The first-order valence-corrected chi connectivity index (χ1v) is 6.35. The fourth-order valence-electron chi connectivity index (χ4n) is 0.991. The number of halogens is 2. The molecule has 0 aromatic heterocycles. The predicted octanol–water partition coefficient (Wildman–Crippen LogP) is 1.89. The van der Waals surface area contributed by atoms with Gasteiger partial charge in [-0.1, -0.05) is 18.2 Å². The SMILES string of the molecule is O=S(=O)(NC(F)CCCl)c1ccccc1. The summed E-state index contributed by atoms with van der Waals surface area (Å²) < 4.78 is 38.0. The largest absolute Gasteiger partial charge is 0.242 e. The number of nitrogens with one attached hydrogen (secondary N) is 1. The molecule has 15 heavy (non-hydrogen) atoms. The van der Waals surface area contributed by atoms with Crippen LogP contribution >= 0.6 is 11.6 Å². The Kier molecular flexibility index (Phi) is 4.50. The zero-order chi connectivity index (χ0) is 11.3. The molecule has 0 heterocycles. The van der Waals surface area contributed by atoms with Crippen molar-refractivity contribution in [1.82, 2.24) is 4.72 Å². The molecule has 0 radical (unpaired) electrons. The van der Waals surface area contributed by atoms with Crippen molar-refractivity contribution in [3.8, 4) is 0 Å². The minimum Gasteiger partial charge on any atom is -0.229 e. The minimum absolute atomic E-state index is 0.0437. The van der Waals surface area contributed by atoms with Crippen molar-refractivity contribution >= 4 is 21.6 Å². The van der Waals surface area contributed by atoms with E-state index in [1.54, 1.807) is 18.2 Å². The van der Waals surface area contributed by atoms with Crippen LogP contribution < -0.4 is 4.72 Å². The van der Waals surface area contributed by atoms with Crippen LogP contribution in [-0.4, -0.2) is 20.6 Å². The van der Waals surface area contributed by atoms with Crippen molar-refractivity contribution in [2.75, 3.05) is 5.88 Å². The second-order valence-electron chi connectivity index (χ2n) is 2.88. The average molecular weight is 252 g/mol. The second kappa shape index (κ2) is 5.44. The summed E-state index contributed by atoms with van der Waals surface area (Å²) in [5, 5.41) is 0. The van der Waals surface area contributed by atoms with Gasteiger partial charge >= 0.3 is 0 Å². The van der Waals surface area contributed by atoms with Gasteiger partial charge < -0.3 is 0 Å². The highest BCUT2D eigenvalue weighted by Crippen LogP contribution is 2.09. The van der Waals surface area contributed by atoms with Gasteiger partial charge in [-0.3, -0.25) is 0 Å². The standard InChI is InChI=1S/C9H11ClFNO2S/c10-7-6-9(11)12-15(13,14)8-4-2-1-3-5-8/h1-5,9,12H,6-7H2. The molecule has 1 rings (SSSR count). The van der Waals surface area contributed by atoms with E-state index in [2.05, 4.69) is 0 Å². The molecule has 1 atom stereocenters.